The molecule has 1 amide bonds. The zero-order valence-electron chi connectivity index (χ0n) is 16.6. The predicted molar refractivity (Wildman–Crippen MR) is 109 cm³/mol. The number of methoxy groups -OCH3 is 1. The molecule has 0 saturated heterocycles. The topological polar surface area (TPSA) is 46.6 Å². The van der Waals surface area contributed by atoms with Crippen LogP contribution in [0.25, 0.3) is 0 Å². The molecule has 1 unspecified atom stereocenters. The molecule has 0 fully saturated rings. The minimum Gasteiger partial charge on any atom is -0.497 e. The van der Waals surface area contributed by atoms with E-state index >= 15 is 0 Å². The van der Waals surface area contributed by atoms with E-state index < -0.39 is 0 Å². The van der Waals surface area contributed by atoms with Crippen LogP contribution in [0.2, 0.25) is 0 Å². The number of carbonyl (C=O) groups is 2. The van der Waals surface area contributed by atoms with E-state index in [4.69, 9.17) is 4.74 Å². The van der Waals surface area contributed by atoms with Gasteiger partial charge in [0.1, 0.15) is 5.75 Å². The number of anilines is 1. The average molecular weight is 375 g/mol. The molecular formula is C24H25NO3. The van der Waals surface area contributed by atoms with Crippen LogP contribution >= 0.6 is 0 Å². The van der Waals surface area contributed by atoms with Gasteiger partial charge in [0.15, 0.2) is 5.78 Å². The second-order valence-corrected chi connectivity index (χ2v) is 8.40. The van der Waals surface area contributed by atoms with Gasteiger partial charge in [0.25, 0.3) is 0 Å². The Bertz CT molecular complexity index is 942. The number of ketones is 1. The van der Waals surface area contributed by atoms with Gasteiger partial charge >= 0.3 is 0 Å². The monoisotopic (exact) mass is 375 g/mol. The largest absolute Gasteiger partial charge is 0.497 e. The lowest BCUT2D eigenvalue weighted by atomic mass is 9.69. The minimum atomic E-state index is -0.197. The summed E-state index contributed by atoms with van der Waals surface area (Å²) in [5.41, 5.74) is 3.32. The van der Waals surface area contributed by atoms with Gasteiger partial charge in [-0.2, -0.15) is 0 Å². The molecule has 1 heterocycles. The van der Waals surface area contributed by atoms with Gasteiger partial charge in [-0.05, 0) is 41.7 Å². The number of amides is 1. The van der Waals surface area contributed by atoms with E-state index in [1.54, 1.807) is 12.0 Å². The maximum absolute atomic E-state index is 13.2. The normalized spacial score (nSPS) is 21.5. The van der Waals surface area contributed by atoms with Gasteiger partial charge < -0.3 is 4.74 Å². The molecule has 0 N–H and O–H groups in total. The molecule has 2 aromatic rings. The van der Waals surface area contributed by atoms with Crippen molar-refractivity contribution in [1.29, 1.82) is 0 Å². The fraction of sp³-hybridized carbons (Fsp3) is 0.333. The molecule has 4 rings (SSSR count). The Labute approximate surface area is 165 Å². The van der Waals surface area contributed by atoms with E-state index in [0.717, 1.165) is 28.3 Å². The number of para-hydroxylation sites is 1. The summed E-state index contributed by atoms with van der Waals surface area (Å²) in [5, 5.41) is 0. The number of nitrogens with zero attached hydrogens (tertiary/aromatic N) is 1. The second-order valence-electron chi connectivity index (χ2n) is 8.40. The van der Waals surface area contributed by atoms with Crippen LogP contribution in [0.15, 0.2) is 65.9 Å². The lowest BCUT2D eigenvalue weighted by molar-refractivity contribution is -0.121. The molecule has 0 radical (unpaired) electrons. The smallest absolute Gasteiger partial charge is 0.232 e. The molecule has 0 aromatic heterocycles. The summed E-state index contributed by atoms with van der Waals surface area (Å²) >= 11 is 0. The Kier molecular flexibility index (Phi) is 4.58. The van der Waals surface area contributed by atoms with Crippen LogP contribution in [0.3, 0.4) is 0 Å². The molecule has 1 aliphatic heterocycles. The summed E-state index contributed by atoms with van der Waals surface area (Å²) in [6.45, 7) is 4.19. The van der Waals surface area contributed by atoms with Gasteiger partial charge in [-0.3, -0.25) is 14.5 Å². The molecule has 1 atom stereocenters. The Morgan fingerprint density at radius 2 is 1.64 bits per heavy atom. The van der Waals surface area contributed by atoms with Crippen molar-refractivity contribution in [3.05, 3.63) is 71.4 Å². The molecule has 0 spiro atoms. The first kappa shape index (κ1) is 18.5. The van der Waals surface area contributed by atoms with Crippen LogP contribution < -0.4 is 9.64 Å². The highest BCUT2D eigenvalue weighted by molar-refractivity contribution is 6.07. The number of allylic oxidation sites excluding steroid dienone is 2. The van der Waals surface area contributed by atoms with Crippen molar-refractivity contribution in [3.63, 3.8) is 0 Å². The Balaban J connectivity index is 1.86. The van der Waals surface area contributed by atoms with Gasteiger partial charge in [-0.25, -0.2) is 0 Å². The summed E-state index contributed by atoms with van der Waals surface area (Å²) in [4.78, 5) is 28.2. The van der Waals surface area contributed by atoms with Gasteiger partial charge in [-0.15, -0.1) is 0 Å². The Morgan fingerprint density at radius 1 is 0.964 bits per heavy atom. The summed E-state index contributed by atoms with van der Waals surface area (Å²) < 4.78 is 5.25. The fourth-order valence-electron chi connectivity index (χ4n) is 4.41. The zero-order chi connectivity index (χ0) is 19.9. The first-order valence-corrected chi connectivity index (χ1v) is 9.68. The third-order valence-corrected chi connectivity index (χ3v) is 5.68. The van der Waals surface area contributed by atoms with Crippen LogP contribution in [-0.4, -0.2) is 18.8 Å². The van der Waals surface area contributed by atoms with Crippen molar-refractivity contribution in [3.8, 4) is 5.75 Å². The van der Waals surface area contributed by atoms with Crippen molar-refractivity contribution >= 4 is 17.4 Å². The standard InChI is InChI=1S/C24H25NO3/c1-24(2)14-20-23(21(26)15-24)19(16-9-11-18(28-3)12-10-16)13-22(27)25(20)17-7-5-4-6-8-17/h4-12,19H,13-15H2,1-3H3. The third kappa shape index (κ3) is 3.24. The molecule has 0 saturated carbocycles. The number of hydrogen-bond acceptors (Lipinski definition) is 3. The van der Waals surface area contributed by atoms with Crippen LogP contribution in [0, 0.1) is 5.41 Å². The summed E-state index contributed by atoms with van der Waals surface area (Å²) in [7, 11) is 1.63. The third-order valence-electron chi connectivity index (χ3n) is 5.68. The fourth-order valence-corrected chi connectivity index (χ4v) is 4.41. The number of Topliss-reactive ketones (excluding diaryl/α,β-unsaturated/α-hetero) is 1. The van der Waals surface area contributed by atoms with Crippen molar-refractivity contribution in [2.75, 3.05) is 12.0 Å². The second kappa shape index (κ2) is 6.93. The van der Waals surface area contributed by atoms with E-state index in [9.17, 15) is 9.59 Å². The van der Waals surface area contributed by atoms with Gasteiger partial charge in [0.05, 0.1) is 7.11 Å². The van der Waals surface area contributed by atoms with E-state index in [2.05, 4.69) is 13.8 Å². The first-order valence-electron chi connectivity index (χ1n) is 9.68. The maximum atomic E-state index is 13.2. The molecule has 0 bridgehead atoms. The van der Waals surface area contributed by atoms with Crippen molar-refractivity contribution in [2.24, 2.45) is 5.41 Å². The number of carbonyl (C=O) groups excluding carboxylic acids is 2. The molecule has 1 aliphatic carbocycles. The number of benzene rings is 2. The molecule has 2 aliphatic rings. The van der Waals surface area contributed by atoms with Gasteiger partial charge in [0, 0.05) is 35.7 Å². The van der Waals surface area contributed by atoms with E-state index in [0.29, 0.717) is 19.3 Å². The molecule has 4 nitrogen and oxygen atoms in total. The van der Waals surface area contributed by atoms with Crippen LogP contribution in [0.5, 0.6) is 5.75 Å². The summed E-state index contributed by atoms with van der Waals surface area (Å²) in [5.74, 6) is 0.760. The highest BCUT2D eigenvalue weighted by Gasteiger charge is 2.44. The van der Waals surface area contributed by atoms with Gasteiger partial charge in [-0.1, -0.05) is 44.2 Å². The highest BCUT2D eigenvalue weighted by atomic mass is 16.5. The van der Waals surface area contributed by atoms with Crippen LogP contribution in [0.4, 0.5) is 5.69 Å². The lowest BCUT2D eigenvalue weighted by Crippen LogP contribution is -2.43. The SMILES string of the molecule is COc1ccc(C2CC(=O)N(c3ccccc3)C3=C2C(=O)CC(C)(C)C3)cc1. The Hall–Kier alpha value is -2.88. The van der Waals surface area contributed by atoms with E-state index in [1.165, 1.54) is 0 Å². The van der Waals surface area contributed by atoms with E-state index in [1.807, 2.05) is 54.6 Å². The maximum Gasteiger partial charge on any atom is 0.232 e. The molecular weight excluding hydrogens is 350 g/mol. The van der Waals surface area contributed by atoms with E-state index in [-0.39, 0.29) is 23.0 Å². The van der Waals surface area contributed by atoms with Crippen LogP contribution in [-0.2, 0) is 9.59 Å². The molecule has 2 aromatic carbocycles. The number of hydrogen-bond donors (Lipinski definition) is 0. The van der Waals surface area contributed by atoms with Crippen molar-refractivity contribution in [1.82, 2.24) is 0 Å². The minimum absolute atomic E-state index is 0.0382. The lowest BCUT2D eigenvalue weighted by Gasteiger charge is -2.43. The molecule has 144 valence electrons. The van der Waals surface area contributed by atoms with Crippen molar-refractivity contribution in [2.45, 2.75) is 39.0 Å². The van der Waals surface area contributed by atoms with Crippen LogP contribution in [0.1, 0.15) is 44.6 Å². The summed E-state index contributed by atoms with van der Waals surface area (Å²) in [6.07, 6.45) is 1.52. The highest BCUT2D eigenvalue weighted by Crippen LogP contribution is 2.48. The van der Waals surface area contributed by atoms with Crippen molar-refractivity contribution < 1.29 is 14.3 Å². The molecule has 28 heavy (non-hydrogen) atoms. The Morgan fingerprint density at radius 3 is 2.29 bits per heavy atom. The quantitative estimate of drug-likeness (QED) is 0.770. The van der Waals surface area contributed by atoms with Gasteiger partial charge in [0.2, 0.25) is 5.91 Å². The average Bonchev–Trinajstić information content (AvgIpc) is 2.67. The molecule has 4 heteroatoms. The number of ether oxygens (including phenoxy) is 1. The summed E-state index contributed by atoms with van der Waals surface area (Å²) in [6, 6.07) is 17.4. The number of rotatable bonds is 3. The first-order chi connectivity index (χ1) is 13.4. The zero-order valence-corrected chi connectivity index (χ0v) is 16.6. The predicted octanol–water partition coefficient (Wildman–Crippen LogP) is 4.86.